The third-order valence-electron chi connectivity index (χ3n) is 4.58. The van der Waals surface area contributed by atoms with E-state index >= 15 is 0 Å². The number of para-hydroxylation sites is 1. The molecule has 0 aromatic heterocycles. The lowest BCUT2D eigenvalue weighted by Gasteiger charge is -2.30. The third kappa shape index (κ3) is 5.71. The molecule has 1 aromatic carbocycles. The predicted molar refractivity (Wildman–Crippen MR) is 103 cm³/mol. The number of sulfonamides is 1. The molecule has 26 heavy (non-hydrogen) atoms. The van der Waals surface area contributed by atoms with Crippen molar-refractivity contribution in [1.82, 2.24) is 9.62 Å². The first-order chi connectivity index (χ1) is 12.1. The molecule has 1 aliphatic heterocycles. The van der Waals surface area contributed by atoms with Crippen LogP contribution in [0.1, 0.15) is 39.2 Å². The van der Waals surface area contributed by atoms with Gasteiger partial charge in [0, 0.05) is 13.1 Å². The molecule has 0 spiro atoms. The Labute approximate surface area is 157 Å². The van der Waals surface area contributed by atoms with E-state index in [9.17, 15) is 13.2 Å². The summed E-state index contributed by atoms with van der Waals surface area (Å²) >= 11 is 0. The van der Waals surface area contributed by atoms with E-state index in [2.05, 4.69) is 32.2 Å². The largest absolute Gasteiger partial charge is 0.491 e. The van der Waals surface area contributed by atoms with Crippen molar-refractivity contribution in [3.8, 4) is 5.75 Å². The van der Waals surface area contributed by atoms with Crippen molar-refractivity contribution in [2.45, 2.75) is 39.0 Å². The number of hydrogen-bond donors (Lipinski definition) is 1. The monoisotopic (exact) mass is 382 g/mol. The number of piperidine rings is 1. The van der Waals surface area contributed by atoms with Gasteiger partial charge in [0.15, 0.2) is 0 Å². The Hall–Kier alpha value is -1.60. The predicted octanol–water partition coefficient (Wildman–Crippen LogP) is 2.15. The van der Waals surface area contributed by atoms with Crippen molar-refractivity contribution in [2.24, 2.45) is 5.92 Å². The summed E-state index contributed by atoms with van der Waals surface area (Å²) in [7, 11) is -3.24. The number of benzene rings is 1. The van der Waals surface area contributed by atoms with Gasteiger partial charge in [-0.25, -0.2) is 12.7 Å². The van der Waals surface area contributed by atoms with Crippen molar-refractivity contribution < 1.29 is 17.9 Å². The summed E-state index contributed by atoms with van der Waals surface area (Å²) in [6, 6.07) is 7.92. The molecule has 1 amide bonds. The molecule has 0 aliphatic carbocycles. The number of amides is 1. The molecule has 6 nitrogen and oxygen atoms in total. The quantitative estimate of drug-likeness (QED) is 0.765. The van der Waals surface area contributed by atoms with Crippen LogP contribution < -0.4 is 10.1 Å². The van der Waals surface area contributed by atoms with E-state index in [1.807, 2.05) is 18.2 Å². The maximum atomic E-state index is 12.3. The van der Waals surface area contributed by atoms with Crippen LogP contribution in [-0.2, 0) is 20.2 Å². The van der Waals surface area contributed by atoms with Crippen LogP contribution in [0.4, 0.5) is 0 Å². The zero-order chi connectivity index (χ0) is 19.4. The topological polar surface area (TPSA) is 75.7 Å². The number of hydrogen-bond acceptors (Lipinski definition) is 4. The maximum absolute atomic E-state index is 12.3. The van der Waals surface area contributed by atoms with Crippen LogP contribution in [0.5, 0.6) is 5.75 Å². The lowest BCUT2D eigenvalue weighted by molar-refractivity contribution is -0.126. The van der Waals surface area contributed by atoms with Crippen LogP contribution in [0.2, 0.25) is 0 Å². The number of ether oxygens (including phenoxy) is 1. The molecular weight excluding hydrogens is 352 g/mol. The molecule has 1 atom stereocenters. The summed E-state index contributed by atoms with van der Waals surface area (Å²) in [5.41, 5.74) is 1.11. The van der Waals surface area contributed by atoms with E-state index in [4.69, 9.17) is 4.74 Å². The highest BCUT2D eigenvalue weighted by atomic mass is 32.2. The second kappa shape index (κ2) is 8.39. The molecular formula is C19H30N2O4S. The van der Waals surface area contributed by atoms with E-state index in [1.54, 1.807) is 0 Å². The summed E-state index contributed by atoms with van der Waals surface area (Å²) in [6.45, 7) is 7.93. The van der Waals surface area contributed by atoms with E-state index < -0.39 is 10.0 Å². The van der Waals surface area contributed by atoms with Gasteiger partial charge in [0.1, 0.15) is 12.4 Å². The summed E-state index contributed by atoms with van der Waals surface area (Å²) in [5.74, 6) is 0.432. The Morgan fingerprint density at radius 1 is 1.31 bits per heavy atom. The van der Waals surface area contributed by atoms with Crippen molar-refractivity contribution in [2.75, 3.05) is 32.5 Å². The number of carbonyl (C=O) groups excluding carboxylic acids is 1. The Morgan fingerprint density at radius 3 is 2.65 bits per heavy atom. The molecule has 1 aromatic rings. The first-order valence-corrected chi connectivity index (χ1v) is 10.9. The molecule has 0 unspecified atom stereocenters. The average molecular weight is 383 g/mol. The zero-order valence-corrected chi connectivity index (χ0v) is 16.9. The first-order valence-electron chi connectivity index (χ1n) is 9.04. The third-order valence-corrected chi connectivity index (χ3v) is 5.85. The molecule has 2 rings (SSSR count). The van der Waals surface area contributed by atoms with Gasteiger partial charge in [-0.05, 0) is 29.9 Å². The van der Waals surface area contributed by atoms with Gasteiger partial charge in [-0.15, -0.1) is 0 Å². The second-order valence-corrected chi connectivity index (χ2v) is 9.83. The van der Waals surface area contributed by atoms with Crippen molar-refractivity contribution in [3.05, 3.63) is 29.8 Å². The second-order valence-electron chi connectivity index (χ2n) is 7.85. The summed E-state index contributed by atoms with van der Waals surface area (Å²) in [5, 5.41) is 2.87. The minimum Gasteiger partial charge on any atom is -0.491 e. The minimum atomic E-state index is -3.24. The SMILES string of the molecule is CC(C)(C)c1ccccc1OCCNC(=O)[C@H]1CCCN(S(C)(=O)=O)C1. The van der Waals surface area contributed by atoms with Gasteiger partial charge in [0.25, 0.3) is 0 Å². The molecule has 0 saturated carbocycles. The van der Waals surface area contributed by atoms with Crippen LogP contribution in [0.25, 0.3) is 0 Å². The minimum absolute atomic E-state index is 0.0168. The van der Waals surface area contributed by atoms with Crippen molar-refractivity contribution >= 4 is 15.9 Å². The number of nitrogens with one attached hydrogen (secondary N) is 1. The van der Waals surface area contributed by atoms with Crippen LogP contribution >= 0.6 is 0 Å². The average Bonchev–Trinajstić information content (AvgIpc) is 2.57. The van der Waals surface area contributed by atoms with Crippen LogP contribution in [0.3, 0.4) is 0 Å². The molecule has 0 radical (unpaired) electrons. The van der Waals surface area contributed by atoms with Crippen LogP contribution in [0.15, 0.2) is 24.3 Å². The molecule has 146 valence electrons. The van der Waals surface area contributed by atoms with Gasteiger partial charge in [-0.1, -0.05) is 39.0 Å². The van der Waals surface area contributed by atoms with Crippen molar-refractivity contribution in [3.63, 3.8) is 0 Å². The highest BCUT2D eigenvalue weighted by molar-refractivity contribution is 7.88. The lowest BCUT2D eigenvalue weighted by atomic mass is 9.86. The number of nitrogens with zero attached hydrogens (tertiary/aromatic N) is 1. The highest BCUT2D eigenvalue weighted by Crippen LogP contribution is 2.30. The summed E-state index contributed by atoms with van der Waals surface area (Å²) in [6.07, 6.45) is 2.61. The van der Waals surface area contributed by atoms with Crippen LogP contribution in [0, 0.1) is 5.92 Å². The fourth-order valence-electron chi connectivity index (χ4n) is 3.15. The number of rotatable bonds is 6. The Bertz CT molecular complexity index is 725. The Balaban J connectivity index is 1.83. The highest BCUT2D eigenvalue weighted by Gasteiger charge is 2.29. The lowest BCUT2D eigenvalue weighted by Crippen LogP contribution is -2.45. The van der Waals surface area contributed by atoms with Crippen LogP contribution in [-0.4, -0.2) is 51.1 Å². The summed E-state index contributed by atoms with van der Waals surface area (Å²) in [4.78, 5) is 12.3. The van der Waals surface area contributed by atoms with Gasteiger partial charge < -0.3 is 10.1 Å². The zero-order valence-electron chi connectivity index (χ0n) is 16.1. The molecule has 0 bridgehead atoms. The Kier molecular flexibility index (Phi) is 6.69. The molecule has 1 aliphatic rings. The molecule has 1 fully saturated rings. The fourth-order valence-corrected chi connectivity index (χ4v) is 4.06. The fraction of sp³-hybridized carbons (Fsp3) is 0.632. The Morgan fingerprint density at radius 2 is 2.00 bits per heavy atom. The normalized spacial score (nSPS) is 19.2. The first kappa shape index (κ1) is 20.7. The standard InChI is InChI=1S/C19H30N2O4S/c1-19(2,3)16-9-5-6-10-17(16)25-13-11-20-18(22)15-8-7-12-21(14-15)26(4,23)24/h5-6,9-10,15H,7-8,11-14H2,1-4H3,(H,20,22)/t15-/m0/s1. The van der Waals surface area contributed by atoms with Gasteiger partial charge in [-0.2, -0.15) is 0 Å². The van der Waals surface area contributed by atoms with Gasteiger partial charge in [0.05, 0.1) is 18.7 Å². The van der Waals surface area contributed by atoms with E-state index in [-0.39, 0.29) is 23.8 Å². The maximum Gasteiger partial charge on any atom is 0.224 e. The van der Waals surface area contributed by atoms with Gasteiger partial charge in [-0.3, -0.25) is 4.79 Å². The molecule has 1 N–H and O–H groups in total. The van der Waals surface area contributed by atoms with Gasteiger partial charge >= 0.3 is 0 Å². The van der Waals surface area contributed by atoms with E-state index in [0.29, 0.717) is 32.5 Å². The van der Waals surface area contributed by atoms with Crippen molar-refractivity contribution in [1.29, 1.82) is 0 Å². The van der Waals surface area contributed by atoms with E-state index in [0.717, 1.165) is 11.3 Å². The number of carbonyl (C=O) groups is 1. The summed E-state index contributed by atoms with van der Waals surface area (Å²) < 4.78 is 30.6. The molecule has 1 heterocycles. The molecule has 1 saturated heterocycles. The van der Waals surface area contributed by atoms with E-state index in [1.165, 1.54) is 10.6 Å². The smallest absolute Gasteiger partial charge is 0.224 e. The molecule has 7 heteroatoms. The van der Waals surface area contributed by atoms with Gasteiger partial charge in [0.2, 0.25) is 15.9 Å².